The zero-order valence-corrected chi connectivity index (χ0v) is 14.5. The van der Waals surface area contributed by atoms with Crippen LogP contribution in [0.4, 0.5) is 0 Å². The smallest absolute Gasteiger partial charge is 0.223 e. The van der Waals surface area contributed by atoms with Crippen molar-refractivity contribution in [2.45, 2.75) is 38.8 Å². The second-order valence-electron chi connectivity index (χ2n) is 6.39. The predicted octanol–water partition coefficient (Wildman–Crippen LogP) is 4.19. The van der Waals surface area contributed by atoms with E-state index in [1.165, 1.54) is 0 Å². The Morgan fingerprint density at radius 3 is 2.96 bits per heavy atom. The molecule has 0 spiro atoms. The van der Waals surface area contributed by atoms with Gasteiger partial charge in [-0.25, -0.2) is 0 Å². The minimum Gasteiger partial charge on any atom is -0.487 e. The minimum atomic E-state index is -0.0446. The average Bonchev–Trinajstić information content (AvgIpc) is 2.68. The van der Waals surface area contributed by atoms with Gasteiger partial charge in [0.25, 0.3) is 0 Å². The van der Waals surface area contributed by atoms with Crippen molar-refractivity contribution in [3.05, 3.63) is 72.1 Å². The highest BCUT2D eigenvalue weighted by atomic mass is 16.5. The molecule has 3 rings (SSSR count). The zero-order chi connectivity index (χ0) is 17.5. The summed E-state index contributed by atoms with van der Waals surface area (Å²) in [5, 5.41) is 3.13. The van der Waals surface area contributed by atoms with Crippen molar-refractivity contribution in [3.8, 4) is 5.75 Å². The predicted molar refractivity (Wildman–Crippen MR) is 98.0 cm³/mol. The van der Waals surface area contributed by atoms with Gasteiger partial charge in [0.05, 0.1) is 11.7 Å². The van der Waals surface area contributed by atoms with E-state index in [-0.39, 0.29) is 17.9 Å². The van der Waals surface area contributed by atoms with E-state index in [1.807, 2.05) is 49.4 Å². The second kappa shape index (κ2) is 8.47. The SMILES string of the molecule is C[C@H](NC(=O)[C@@H]1CC=CCC1)c1cccc(OCc2ccccn2)c1. The van der Waals surface area contributed by atoms with Crippen molar-refractivity contribution in [1.29, 1.82) is 0 Å². The molecule has 2 atom stereocenters. The molecular weight excluding hydrogens is 312 g/mol. The summed E-state index contributed by atoms with van der Waals surface area (Å²) in [6.07, 6.45) is 8.77. The molecule has 25 heavy (non-hydrogen) atoms. The van der Waals surface area contributed by atoms with Gasteiger partial charge in [0.2, 0.25) is 5.91 Å². The molecule has 1 aromatic heterocycles. The minimum absolute atomic E-state index is 0.0446. The number of allylic oxidation sites excluding steroid dienone is 2. The molecule has 0 unspecified atom stereocenters. The fourth-order valence-corrected chi connectivity index (χ4v) is 2.96. The monoisotopic (exact) mass is 336 g/mol. The van der Waals surface area contributed by atoms with E-state index < -0.39 is 0 Å². The Hall–Kier alpha value is -2.62. The number of nitrogens with one attached hydrogen (secondary N) is 1. The van der Waals surface area contributed by atoms with Gasteiger partial charge < -0.3 is 10.1 Å². The average molecular weight is 336 g/mol. The number of amides is 1. The summed E-state index contributed by atoms with van der Waals surface area (Å²) in [5.74, 6) is 1.01. The van der Waals surface area contributed by atoms with Gasteiger partial charge in [-0.15, -0.1) is 0 Å². The summed E-state index contributed by atoms with van der Waals surface area (Å²) in [6.45, 7) is 2.44. The molecule has 1 aliphatic carbocycles. The second-order valence-corrected chi connectivity index (χ2v) is 6.39. The number of carbonyl (C=O) groups is 1. The quantitative estimate of drug-likeness (QED) is 0.805. The van der Waals surface area contributed by atoms with Gasteiger partial charge >= 0.3 is 0 Å². The third-order valence-corrected chi connectivity index (χ3v) is 4.47. The molecule has 4 nitrogen and oxygen atoms in total. The number of hydrogen-bond acceptors (Lipinski definition) is 3. The van der Waals surface area contributed by atoms with E-state index in [4.69, 9.17) is 4.74 Å². The molecule has 0 saturated heterocycles. The number of hydrogen-bond donors (Lipinski definition) is 1. The van der Waals surface area contributed by atoms with Crippen LogP contribution in [0.15, 0.2) is 60.8 Å². The third-order valence-electron chi connectivity index (χ3n) is 4.47. The van der Waals surface area contributed by atoms with Crippen LogP contribution in [0.3, 0.4) is 0 Å². The fraction of sp³-hybridized carbons (Fsp3) is 0.333. The number of pyridine rings is 1. The molecule has 1 aliphatic rings. The summed E-state index contributed by atoms with van der Waals surface area (Å²) >= 11 is 0. The van der Waals surface area contributed by atoms with Gasteiger partial charge in [-0.3, -0.25) is 9.78 Å². The van der Waals surface area contributed by atoms with Gasteiger partial charge in [0, 0.05) is 12.1 Å². The van der Waals surface area contributed by atoms with Crippen molar-refractivity contribution >= 4 is 5.91 Å². The van der Waals surface area contributed by atoms with Gasteiger partial charge in [-0.05, 0) is 56.0 Å². The lowest BCUT2D eigenvalue weighted by molar-refractivity contribution is -0.125. The largest absolute Gasteiger partial charge is 0.487 e. The van der Waals surface area contributed by atoms with Crippen LogP contribution in [0.25, 0.3) is 0 Å². The highest BCUT2D eigenvalue weighted by Gasteiger charge is 2.20. The lowest BCUT2D eigenvalue weighted by atomic mass is 9.93. The van der Waals surface area contributed by atoms with Crippen LogP contribution < -0.4 is 10.1 Å². The number of carbonyl (C=O) groups excluding carboxylic acids is 1. The molecule has 0 radical (unpaired) electrons. The first kappa shape index (κ1) is 17.2. The van der Waals surface area contributed by atoms with Crippen molar-refractivity contribution in [3.63, 3.8) is 0 Å². The van der Waals surface area contributed by atoms with E-state index in [0.717, 1.165) is 36.3 Å². The van der Waals surface area contributed by atoms with Crippen LogP contribution in [-0.4, -0.2) is 10.9 Å². The topological polar surface area (TPSA) is 51.2 Å². The Labute approximate surface area is 148 Å². The van der Waals surface area contributed by atoms with Crippen LogP contribution >= 0.6 is 0 Å². The summed E-state index contributed by atoms with van der Waals surface area (Å²) in [4.78, 5) is 16.6. The number of rotatable bonds is 6. The van der Waals surface area contributed by atoms with Crippen molar-refractivity contribution < 1.29 is 9.53 Å². The molecule has 0 fully saturated rings. The van der Waals surface area contributed by atoms with Crippen LogP contribution in [-0.2, 0) is 11.4 Å². The molecule has 0 aliphatic heterocycles. The molecule has 1 N–H and O–H groups in total. The maximum absolute atomic E-state index is 12.4. The maximum atomic E-state index is 12.4. The maximum Gasteiger partial charge on any atom is 0.223 e. The van der Waals surface area contributed by atoms with E-state index in [9.17, 15) is 4.79 Å². The lowest BCUT2D eigenvalue weighted by Gasteiger charge is -2.21. The van der Waals surface area contributed by atoms with Crippen molar-refractivity contribution in [2.75, 3.05) is 0 Å². The molecule has 2 aromatic rings. The number of benzene rings is 1. The van der Waals surface area contributed by atoms with Crippen LogP contribution in [0.5, 0.6) is 5.75 Å². The number of aromatic nitrogens is 1. The lowest BCUT2D eigenvalue weighted by Crippen LogP contribution is -2.33. The Morgan fingerprint density at radius 1 is 1.28 bits per heavy atom. The zero-order valence-electron chi connectivity index (χ0n) is 14.5. The Balaban J connectivity index is 1.58. The third kappa shape index (κ3) is 4.92. The Kier molecular flexibility index (Phi) is 5.83. The normalized spacial score (nSPS) is 17.7. The number of ether oxygens (including phenoxy) is 1. The van der Waals surface area contributed by atoms with Crippen molar-refractivity contribution in [1.82, 2.24) is 10.3 Å². The molecule has 0 bridgehead atoms. The van der Waals surface area contributed by atoms with E-state index in [1.54, 1.807) is 6.20 Å². The van der Waals surface area contributed by atoms with Crippen LogP contribution in [0, 0.1) is 5.92 Å². The summed E-state index contributed by atoms with van der Waals surface area (Å²) < 4.78 is 5.82. The van der Waals surface area contributed by atoms with Crippen molar-refractivity contribution in [2.24, 2.45) is 5.92 Å². The van der Waals surface area contributed by atoms with E-state index in [2.05, 4.69) is 22.5 Å². The highest BCUT2D eigenvalue weighted by Crippen LogP contribution is 2.22. The fourth-order valence-electron chi connectivity index (χ4n) is 2.96. The highest BCUT2D eigenvalue weighted by molar-refractivity contribution is 5.79. The number of nitrogens with zero attached hydrogens (tertiary/aromatic N) is 1. The van der Waals surface area contributed by atoms with Crippen LogP contribution in [0.2, 0.25) is 0 Å². The first-order chi connectivity index (χ1) is 12.2. The molecule has 0 saturated carbocycles. The van der Waals surface area contributed by atoms with Gasteiger partial charge in [-0.1, -0.05) is 30.4 Å². The molecule has 4 heteroatoms. The molecule has 130 valence electrons. The molecule has 1 heterocycles. The first-order valence-electron chi connectivity index (χ1n) is 8.80. The summed E-state index contributed by atoms with van der Waals surface area (Å²) in [7, 11) is 0. The summed E-state index contributed by atoms with van der Waals surface area (Å²) in [6, 6.07) is 13.6. The van der Waals surface area contributed by atoms with E-state index >= 15 is 0 Å². The van der Waals surface area contributed by atoms with Gasteiger partial charge in [-0.2, -0.15) is 0 Å². The molecule has 1 aromatic carbocycles. The first-order valence-corrected chi connectivity index (χ1v) is 8.80. The summed E-state index contributed by atoms with van der Waals surface area (Å²) in [5.41, 5.74) is 1.93. The molecular formula is C21H24N2O2. The van der Waals surface area contributed by atoms with Crippen LogP contribution in [0.1, 0.15) is 43.5 Å². The standard InChI is InChI=1S/C21H24N2O2/c1-16(23-21(24)17-8-3-2-4-9-17)18-10-7-12-20(14-18)25-15-19-11-5-6-13-22-19/h2-3,5-7,10-14,16-17H,4,8-9,15H2,1H3,(H,23,24)/t16-,17+/m0/s1. The van der Waals surface area contributed by atoms with Gasteiger partial charge in [0.15, 0.2) is 0 Å². The molecule has 1 amide bonds. The Morgan fingerprint density at radius 2 is 2.20 bits per heavy atom. The van der Waals surface area contributed by atoms with E-state index in [0.29, 0.717) is 6.61 Å². The Bertz CT molecular complexity index is 728. The van der Waals surface area contributed by atoms with Gasteiger partial charge in [0.1, 0.15) is 12.4 Å².